The van der Waals surface area contributed by atoms with Crippen molar-refractivity contribution >= 4 is 23.2 Å². The molecule has 4 nitrogen and oxygen atoms in total. The second-order valence-electron chi connectivity index (χ2n) is 6.32. The highest BCUT2D eigenvalue weighted by molar-refractivity contribution is 7.80. The fourth-order valence-electron chi connectivity index (χ4n) is 3.02. The fraction of sp³-hybridized carbons (Fsp3) is 0.300. The summed E-state index contributed by atoms with van der Waals surface area (Å²) < 4.78 is 0. The summed E-state index contributed by atoms with van der Waals surface area (Å²) >= 11 is 5.44. The average molecular weight is 353 g/mol. The molecule has 25 heavy (non-hydrogen) atoms. The van der Waals surface area contributed by atoms with Crippen LogP contribution in [-0.2, 0) is 6.54 Å². The maximum Gasteiger partial charge on any atom is 0.257 e. The number of benzene rings is 2. The van der Waals surface area contributed by atoms with Gasteiger partial charge in [0.15, 0.2) is 5.11 Å². The standard InChI is InChI=1S/C20H23N3OS/c1-16-7-5-6-10-18(16)19(24)21-20(25)23-13-11-22(12-14-23)15-17-8-3-2-4-9-17/h2-10H,11-15H2,1H3,(H,21,24,25). The van der Waals surface area contributed by atoms with Gasteiger partial charge in [0.2, 0.25) is 0 Å². The van der Waals surface area contributed by atoms with Gasteiger partial charge in [0.25, 0.3) is 5.91 Å². The molecule has 5 heteroatoms. The average Bonchev–Trinajstić information content (AvgIpc) is 2.63. The first-order valence-electron chi connectivity index (χ1n) is 8.55. The summed E-state index contributed by atoms with van der Waals surface area (Å²) in [5.41, 5.74) is 2.95. The minimum Gasteiger partial charge on any atom is -0.346 e. The number of nitrogens with zero attached hydrogens (tertiary/aromatic N) is 2. The molecule has 1 fully saturated rings. The SMILES string of the molecule is Cc1ccccc1C(=O)NC(=S)N1CCN(Cc2ccccc2)CC1. The van der Waals surface area contributed by atoms with Crippen molar-refractivity contribution < 1.29 is 4.79 Å². The van der Waals surface area contributed by atoms with Gasteiger partial charge in [-0.1, -0.05) is 48.5 Å². The Balaban J connectivity index is 1.50. The number of thiocarbonyl (C=S) groups is 1. The first-order valence-corrected chi connectivity index (χ1v) is 8.96. The van der Waals surface area contributed by atoms with Crippen molar-refractivity contribution in [3.8, 4) is 0 Å². The molecule has 1 amide bonds. The number of aryl methyl sites for hydroxylation is 1. The van der Waals surface area contributed by atoms with Gasteiger partial charge in [-0.2, -0.15) is 0 Å². The summed E-state index contributed by atoms with van der Waals surface area (Å²) in [4.78, 5) is 16.9. The zero-order valence-corrected chi connectivity index (χ0v) is 15.3. The Morgan fingerprint density at radius 1 is 1.00 bits per heavy atom. The molecule has 1 saturated heterocycles. The minimum atomic E-state index is -0.130. The maximum absolute atomic E-state index is 12.4. The lowest BCUT2D eigenvalue weighted by atomic mass is 10.1. The van der Waals surface area contributed by atoms with Crippen molar-refractivity contribution in [3.05, 3.63) is 71.3 Å². The van der Waals surface area contributed by atoms with Crippen LogP contribution in [0.1, 0.15) is 21.5 Å². The van der Waals surface area contributed by atoms with Crippen molar-refractivity contribution in [2.24, 2.45) is 0 Å². The molecule has 3 rings (SSSR count). The first-order chi connectivity index (χ1) is 12.1. The number of carbonyl (C=O) groups excluding carboxylic acids is 1. The summed E-state index contributed by atoms with van der Waals surface area (Å²) in [5.74, 6) is -0.130. The number of hydrogen-bond donors (Lipinski definition) is 1. The molecule has 0 aliphatic carbocycles. The van der Waals surface area contributed by atoms with Gasteiger partial charge in [-0.05, 0) is 36.3 Å². The van der Waals surface area contributed by atoms with Crippen LogP contribution in [0.15, 0.2) is 54.6 Å². The molecule has 1 N–H and O–H groups in total. The summed E-state index contributed by atoms with van der Waals surface area (Å²) in [6, 6.07) is 18.0. The van der Waals surface area contributed by atoms with Crippen LogP contribution in [-0.4, -0.2) is 47.0 Å². The van der Waals surface area contributed by atoms with E-state index in [0.717, 1.165) is 38.3 Å². The Morgan fingerprint density at radius 2 is 1.64 bits per heavy atom. The molecule has 2 aromatic rings. The highest BCUT2D eigenvalue weighted by Gasteiger charge is 2.20. The zero-order chi connectivity index (χ0) is 17.6. The second kappa shape index (κ2) is 8.23. The lowest BCUT2D eigenvalue weighted by Gasteiger charge is -2.36. The smallest absolute Gasteiger partial charge is 0.257 e. The molecule has 0 aromatic heterocycles. The van der Waals surface area contributed by atoms with E-state index < -0.39 is 0 Å². The van der Waals surface area contributed by atoms with Crippen LogP contribution in [0.4, 0.5) is 0 Å². The van der Waals surface area contributed by atoms with Crippen LogP contribution in [0.25, 0.3) is 0 Å². The van der Waals surface area contributed by atoms with Gasteiger partial charge in [-0.3, -0.25) is 15.0 Å². The van der Waals surface area contributed by atoms with E-state index in [4.69, 9.17) is 12.2 Å². The van der Waals surface area contributed by atoms with Gasteiger partial charge in [0.1, 0.15) is 0 Å². The summed E-state index contributed by atoms with van der Waals surface area (Å²) in [6.45, 7) is 6.43. The number of piperazine rings is 1. The van der Waals surface area contributed by atoms with Crippen LogP contribution in [0, 0.1) is 6.92 Å². The molecule has 2 aromatic carbocycles. The Morgan fingerprint density at radius 3 is 2.32 bits per heavy atom. The van der Waals surface area contributed by atoms with E-state index in [2.05, 4.69) is 39.4 Å². The number of amides is 1. The molecule has 1 aliphatic rings. The monoisotopic (exact) mass is 353 g/mol. The van der Waals surface area contributed by atoms with E-state index in [1.807, 2.05) is 37.3 Å². The van der Waals surface area contributed by atoms with Crippen molar-refractivity contribution in [1.82, 2.24) is 15.1 Å². The third-order valence-corrected chi connectivity index (χ3v) is 4.88. The predicted octanol–water partition coefficient (Wildman–Crippen LogP) is 2.83. The molecule has 0 saturated carbocycles. The highest BCUT2D eigenvalue weighted by Crippen LogP contribution is 2.10. The maximum atomic E-state index is 12.4. The Labute approximate surface area is 154 Å². The molecule has 0 bridgehead atoms. The van der Waals surface area contributed by atoms with E-state index in [1.165, 1.54) is 5.56 Å². The van der Waals surface area contributed by atoms with Gasteiger partial charge in [0.05, 0.1) is 0 Å². The van der Waals surface area contributed by atoms with Crippen LogP contribution in [0.5, 0.6) is 0 Å². The lowest BCUT2D eigenvalue weighted by Crippen LogP contribution is -2.52. The van der Waals surface area contributed by atoms with E-state index in [9.17, 15) is 4.79 Å². The third-order valence-electron chi connectivity index (χ3n) is 4.52. The van der Waals surface area contributed by atoms with Gasteiger partial charge in [0, 0.05) is 38.3 Å². The fourth-order valence-corrected chi connectivity index (χ4v) is 3.30. The Kier molecular flexibility index (Phi) is 5.79. The lowest BCUT2D eigenvalue weighted by molar-refractivity contribution is 0.0968. The van der Waals surface area contributed by atoms with E-state index in [0.29, 0.717) is 10.7 Å². The number of carbonyl (C=O) groups is 1. The minimum absolute atomic E-state index is 0.130. The van der Waals surface area contributed by atoms with Gasteiger partial charge >= 0.3 is 0 Å². The van der Waals surface area contributed by atoms with Gasteiger partial charge in [-0.15, -0.1) is 0 Å². The topological polar surface area (TPSA) is 35.6 Å². The van der Waals surface area contributed by atoms with Gasteiger partial charge < -0.3 is 4.90 Å². The molecular formula is C20H23N3OS. The molecule has 0 radical (unpaired) electrons. The number of nitrogens with one attached hydrogen (secondary N) is 1. The van der Waals surface area contributed by atoms with E-state index in [-0.39, 0.29) is 5.91 Å². The van der Waals surface area contributed by atoms with Crippen molar-refractivity contribution in [1.29, 1.82) is 0 Å². The van der Waals surface area contributed by atoms with E-state index >= 15 is 0 Å². The highest BCUT2D eigenvalue weighted by atomic mass is 32.1. The molecular weight excluding hydrogens is 330 g/mol. The van der Waals surface area contributed by atoms with Crippen molar-refractivity contribution in [2.75, 3.05) is 26.2 Å². The van der Waals surface area contributed by atoms with Crippen LogP contribution < -0.4 is 5.32 Å². The number of rotatable bonds is 3. The number of hydrogen-bond acceptors (Lipinski definition) is 3. The normalized spacial score (nSPS) is 15.0. The van der Waals surface area contributed by atoms with Crippen LogP contribution in [0.3, 0.4) is 0 Å². The zero-order valence-electron chi connectivity index (χ0n) is 14.4. The quantitative estimate of drug-likeness (QED) is 0.861. The van der Waals surface area contributed by atoms with Crippen molar-refractivity contribution in [2.45, 2.75) is 13.5 Å². The third kappa shape index (κ3) is 4.65. The van der Waals surface area contributed by atoms with Gasteiger partial charge in [-0.25, -0.2) is 0 Å². The first kappa shape index (κ1) is 17.6. The Bertz CT molecular complexity index is 740. The molecule has 1 heterocycles. The second-order valence-corrected chi connectivity index (χ2v) is 6.71. The summed E-state index contributed by atoms with van der Waals surface area (Å²) in [6.07, 6.45) is 0. The Hall–Kier alpha value is -2.24. The summed E-state index contributed by atoms with van der Waals surface area (Å²) in [5, 5.41) is 3.39. The summed E-state index contributed by atoms with van der Waals surface area (Å²) in [7, 11) is 0. The van der Waals surface area contributed by atoms with E-state index in [1.54, 1.807) is 0 Å². The molecule has 130 valence electrons. The van der Waals surface area contributed by atoms with Crippen molar-refractivity contribution in [3.63, 3.8) is 0 Å². The molecule has 1 aliphatic heterocycles. The largest absolute Gasteiger partial charge is 0.346 e. The molecule has 0 unspecified atom stereocenters. The van der Waals surface area contributed by atoms with Crippen LogP contribution >= 0.6 is 12.2 Å². The molecule has 0 spiro atoms. The van der Waals surface area contributed by atoms with Crippen LogP contribution in [0.2, 0.25) is 0 Å². The molecule has 0 atom stereocenters. The predicted molar refractivity (Wildman–Crippen MR) is 105 cm³/mol.